The molecule has 0 aliphatic heterocycles. The number of thiocarbonyl (C=S) groups is 1. The summed E-state index contributed by atoms with van der Waals surface area (Å²) in [6.45, 7) is 2.78. The first-order valence-corrected chi connectivity index (χ1v) is 6.06. The van der Waals surface area contributed by atoms with Crippen molar-refractivity contribution in [1.29, 1.82) is 0 Å². The largest absolute Gasteiger partial charge is 0.362 e. The van der Waals surface area contributed by atoms with Crippen LogP contribution in [-0.2, 0) is 0 Å². The molecule has 0 atom stereocenters. The number of thiophene rings is 1. The zero-order valence-corrected chi connectivity index (χ0v) is 10.8. The van der Waals surface area contributed by atoms with E-state index in [9.17, 15) is 0 Å². The molecule has 0 aliphatic rings. The van der Waals surface area contributed by atoms with Gasteiger partial charge in [0, 0.05) is 11.4 Å². The average molecular weight is 292 g/mol. The molecule has 1 heterocycles. The van der Waals surface area contributed by atoms with E-state index < -0.39 is 0 Å². The second kappa shape index (κ2) is 6.10. The van der Waals surface area contributed by atoms with Gasteiger partial charge in [-0.05, 0) is 47.2 Å². The van der Waals surface area contributed by atoms with Crippen LogP contribution in [0.1, 0.15) is 11.8 Å². The molecular weight excluding hydrogens is 282 g/mol. The number of hydrogen-bond donors (Lipinski definition) is 2. The van der Waals surface area contributed by atoms with Crippen molar-refractivity contribution in [3.63, 3.8) is 0 Å². The summed E-state index contributed by atoms with van der Waals surface area (Å²) in [5, 5.41) is 7.46. The molecule has 0 unspecified atom stereocenters. The molecule has 14 heavy (non-hydrogen) atoms. The number of rotatable bonds is 3. The van der Waals surface area contributed by atoms with Crippen LogP contribution in [0.15, 0.2) is 21.0 Å². The third-order valence-electron chi connectivity index (χ3n) is 1.29. The first-order chi connectivity index (χ1) is 6.72. The van der Waals surface area contributed by atoms with Crippen LogP contribution >= 0.6 is 39.5 Å². The van der Waals surface area contributed by atoms with E-state index in [4.69, 9.17) is 12.2 Å². The van der Waals surface area contributed by atoms with Crippen LogP contribution in [0.3, 0.4) is 0 Å². The van der Waals surface area contributed by atoms with Gasteiger partial charge >= 0.3 is 0 Å². The molecule has 6 heteroatoms. The fourth-order valence-corrected chi connectivity index (χ4v) is 2.24. The molecule has 0 aliphatic carbocycles. The lowest BCUT2D eigenvalue weighted by atomic mass is 10.5. The van der Waals surface area contributed by atoms with E-state index >= 15 is 0 Å². The summed E-state index contributed by atoms with van der Waals surface area (Å²) in [7, 11) is 0. The van der Waals surface area contributed by atoms with Gasteiger partial charge in [-0.1, -0.05) is 0 Å². The predicted molar refractivity (Wildman–Crippen MR) is 69.0 cm³/mol. The number of nitrogens with zero attached hydrogens (tertiary/aromatic N) is 1. The molecule has 0 fully saturated rings. The van der Waals surface area contributed by atoms with Gasteiger partial charge in [-0.3, -0.25) is 5.43 Å². The summed E-state index contributed by atoms with van der Waals surface area (Å²) in [5.74, 6) is 0. The molecule has 1 rings (SSSR count). The monoisotopic (exact) mass is 291 g/mol. The van der Waals surface area contributed by atoms with E-state index in [2.05, 4.69) is 31.8 Å². The summed E-state index contributed by atoms with van der Waals surface area (Å²) in [6.07, 6.45) is 1.74. The highest BCUT2D eigenvalue weighted by molar-refractivity contribution is 9.11. The van der Waals surface area contributed by atoms with Crippen LogP contribution in [0.2, 0.25) is 0 Å². The SMILES string of the molecule is CCNC(=S)N/N=C\c1ccc(Br)s1. The lowest BCUT2D eigenvalue weighted by molar-refractivity contribution is 0.904. The minimum Gasteiger partial charge on any atom is -0.362 e. The van der Waals surface area contributed by atoms with Gasteiger partial charge in [0.2, 0.25) is 0 Å². The molecule has 0 saturated carbocycles. The summed E-state index contributed by atoms with van der Waals surface area (Å²) in [4.78, 5) is 1.07. The molecule has 76 valence electrons. The molecule has 0 spiro atoms. The van der Waals surface area contributed by atoms with Crippen molar-refractivity contribution in [2.24, 2.45) is 5.10 Å². The van der Waals surface area contributed by atoms with Crippen molar-refractivity contribution >= 4 is 50.8 Å². The van der Waals surface area contributed by atoms with Crippen LogP contribution in [0.25, 0.3) is 0 Å². The number of hydrazone groups is 1. The molecule has 1 aromatic rings. The Morgan fingerprint density at radius 1 is 1.71 bits per heavy atom. The van der Waals surface area contributed by atoms with Gasteiger partial charge in [0.15, 0.2) is 5.11 Å². The zero-order valence-electron chi connectivity index (χ0n) is 7.58. The van der Waals surface area contributed by atoms with Gasteiger partial charge in [-0.25, -0.2) is 0 Å². The van der Waals surface area contributed by atoms with Gasteiger partial charge < -0.3 is 5.32 Å². The lowest BCUT2D eigenvalue weighted by Crippen LogP contribution is -2.31. The number of halogens is 1. The van der Waals surface area contributed by atoms with E-state index in [1.165, 1.54) is 0 Å². The summed E-state index contributed by atoms with van der Waals surface area (Å²) in [6, 6.07) is 3.96. The van der Waals surface area contributed by atoms with E-state index in [-0.39, 0.29) is 0 Å². The van der Waals surface area contributed by atoms with E-state index in [0.717, 1.165) is 15.2 Å². The van der Waals surface area contributed by atoms with Gasteiger partial charge in [0.05, 0.1) is 10.0 Å². The smallest absolute Gasteiger partial charge is 0.186 e. The zero-order chi connectivity index (χ0) is 10.4. The number of hydrogen-bond acceptors (Lipinski definition) is 3. The Labute approximate surface area is 101 Å². The molecule has 3 nitrogen and oxygen atoms in total. The van der Waals surface area contributed by atoms with Gasteiger partial charge in [0.1, 0.15) is 0 Å². The van der Waals surface area contributed by atoms with Crippen LogP contribution in [0, 0.1) is 0 Å². The van der Waals surface area contributed by atoms with Crippen molar-refractivity contribution in [1.82, 2.24) is 10.7 Å². The van der Waals surface area contributed by atoms with Gasteiger partial charge in [-0.15, -0.1) is 11.3 Å². The molecule has 0 radical (unpaired) electrons. The van der Waals surface area contributed by atoms with Crippen LogP contribution in [0.5, 0.6) is 0 Å². The minimum absolute atomic E-state index is 0.541. The van der Waals surface area contributed by atoms with E-state index in [1.54, 1.807) is 17.6 Å². The molecule has 0 bridgehead atoms. The Bertz CT molecular complexity index is 335. The Hall–Kier alpha value is -0.460. The Kier molecular flexibility index (Phi) is 5.06. The maximum Gasteiger partial charge on any atom is 0.186 e. The van der Waals surface area contributed by atoms with E-state index in [1.807, 2.05) is 19.1 Å². The molecular formula is C8H10BrN3S2. The normalized spacial score (nSPS) is 10.4. The average Bonchev–Trinajstić information content (AvgIpc) is 2.52. The van der Waals surface area contributed by atoms with Crippen molar-refractivity contribution in [3.8, 4) is 0 Å². The minimum atomic E-state index is 0.541. The Balaban J connectivity index is 2.37. The van der Waals surface area contributed by atoms with Crippen molar-refractivity contribution in [2.45, 2.75) is 6.92 Å². The Morgan fingerprint density at radius 3 is 3.07 bits per heavy atom. The molecule has 0 aromatic carbocycles. The third-order valence-corrected chi connectivity index (χ3v) is 3.08. The lowest BCUT2D eigenvalue weighted by Gasteiger charge is -2.01. The van der Waals surface area contributed by atoms with Crippen molar-refractivity contribution in [2.75, 3.05) is 6.54 Å². The topological polar surface area (TPSA) is 36.4 Å². The highest BCUT2D eigenvalue weighted by atomic mass is 79.9. The highest BCUT2D eigenvalue weighted by Crippen LogP contribution is 2.20. The first-order valence-electron chi connectivity index (χ1n) is 4.04. The second-order valence-electron chi connectivity index (χ2n) is 2.37. The van der Waals surface area contributed by atoms with E-state index in [0.29, 0.717) is 5.11 Å². The first kappa shape index (κ1) is 11.6. The second-order valence-corrected chi connectivity index (χ2v) is 5.27. The quantitative estimate of drug-likeness (QED) is 0.510. The standard InChI is InChI=1S/C8H10BrN3S2/c1-2-10-8(13)12-11-5-6-3-4-7(9)14-6/h3-5H,2H2,1H3,(H2,10,12,13)/b11-5-. The summed E-state index contributed by atoms with van der Waals surface area (Å²) in [5.41, 5.74) is 2.72. The highest BCUT2D eigenvalue weighted by Gasteiger charge is 1.93. The third kappa shape index (κ3) is 4.17. The molecule has 0 amide bonds. The summed E-state index contributed by atoms with van der Waals surface area (Å²) < 4.78 is 1.09. The number of nitrogens with one attached hydrogen (secondary N) is 2. The summed E-state index contributed by atoms with van der Waals surface area (Å²) >= 11 is 9.92. The molecule has 2 N–H and O–H groups in total. The van der Waals surface area contributed by atoms with Crippen molar-refractivity contribution in [3.05, 3.63) is 20.8 Å². The fourth-order valence-electron chi connectivity index (χ4n) is 0.752. The maximum absolute atomic E-state index is 4.93. The predicted octanol–water partition coefficient (Wildman–Crippen LogP) is 2.33. The van der Waals surface area contributed by atoms with Crippen molar-refractivity contribution < 1.29 is 0 Å². The molecule has 0 saturated heterocycles. The maximum atomic E-state index is 4.93. The molecule has 1 aromatic heterocycles. The fraction of sp³-hybridized carbons (Fsp3) is 0.250. The van der Waals surface area contributed by atoms with Crippen LogP contribution in [0.4, 0.5) is 0 Å². The Morgan fingerprint density at radius 2 is 2.50 bits per heavy atom. The van der Waals surface area contributed by atoms with Crippen LogP contribution in [-0.4, -0.2) is 17.9 Å². The van der Waals surface area contributed by atoms with Gasteiger partial charge in [-0.2, -0.15) is 5.10 Å². The van der Waals surface area contributed by atoms with Gasteiger partial charge in [0.25, 0.3) is 0 Å². The van der Waals surface area contributed by atoms with Crippen LogP contribution < -0.4 is 10.7 Å².